The molecule has 2 aliphatic rings. The van der Waals surface area contributed by atoms with E-state index in [1.165, 1.54) is 5.56 Å². The molecule has 1 aliphatic heterocycles. The lowest BCUT2D eigenvalue weighted by atomic mass is 10.1. The third-order valence-electron chi connectivity index (χ3n) is 5.00. The molecule has 0 aromatic heterocycles. The van der Waals surface area contributed by atoms with Crippen LogP contribution in [0.3, 0.4) is 0 Å². The van der Waals surface area contributed by atoms with Gasteiger partial charge in [-0.2, -0.15) is 0 Å². The lowest BCUT2D eigenvalue weighted by Gasteiger charge is -2.37. The Labute approximate surface area is 133 Å². The molecule has 1 aliphatic carbocycles. The van der Waals surface area contributed by atoms with Crippen LogP contribution in [0.1, 0.15) is 25.3 Å². The average molecular weight is 305 g/mol. The molecule has 0 radical (unpaired) electrons. The van der Waals surface area contributed by atoms with Gasteiger partial charge in [0.05, 0.1) is 12.7 Å². The Morgan fingerprint density at radius 3 is 3.00 bits per heavy atom. The first-order chi connectivity index (χ1) is 10.8. The van der Waals surface area contributed by atoms with Crippen molar-refractivity contribution in [3.63, 3.8) is 0 Å². The zero-order valence-electron chi connectivity index (χ0n) is 13.4. The Bertz CT molecular complexity index is 479. The quantitative estimate of drug-likeness (QED) is 0.874. The minimum atomic E-state index is 0.282. The van der Waals surface area contributed by atoms with Gasteiger partial charge in [0.2, 0.25) is 0 Å². The lowest BCUT2D eigenvalue weighted by Crippen LogP contribution is -2.49. The zero-order valence-corrected chi connectivity index (χ0v) is 13.4. The number of benzene rings is 1. The molecule has 1 saturated carbocycles. The highest BCUT2D eigenvalue weighted by molar-refractivity contribution is 5.33. The zero-order chi connectivity index (χ0) is 15.4. The molecule has 0 amide bonds. The summed E-state index contributed by atoms with van der Waals surface area (Å²) in [6.45, 7) is 5.85. The molecular weight excluding hydrogens is 278 g/mol. The van der Waals surface area contributed by atoms with Crippen LogP contribution in [0.4, 0.5) is 0 Å². The second kappa shape index (κ2) is 7.44. The molecule has 1 saturated heterocycles. The van der Waals surface area contributed by atoms with E-state index in [0.29, 0.717) is 24.7 Å². The molecule has 1 aromatic rings. The van der Waals surface area contributed by atoms with Crippen LogP contribution in [0.15, 0.2) is 24.3 Å². The summed E-state index contributed by atoms with van der Waals surface area (Å²) < 4.78 is 11.9. The number of hydrogen-bond acceptors (Lipinski definition) is 4. The van der Waals surface area contributed by atoms with Crippen molar-refractivity contribution in [2.75, 3.05) is 32.9 Å². The number of aryl methyl sites for hydroxylation is 1. The van der Waals surface area contributed by atoms with Gasteiger partial charge in [0.15, 0.2) is 0 Å². The van der Waals surface area contributed by atoms with Crippen LogP contribution in [0.25, 0.3) is 0 Å². The fourth-order valence-corrected chi connectivity index (χ4v) is 3.76. The van der Waals surface area contributed by atoms with Crippen molar-refractivity contribution < 1.29 is 14.6 Å². The first-order valence-electron chi connectivity index (χ1n) is 8.49. The molecule has 22 heavy (non-hydrogen) atoms. The van der Waals surface area contributed by atoms with Gasteiger partial charge in [-0.1, -0.05) is 25.1 Å². The second-order valence-electron chi connectivity index (χ2n) is 6.34. The number of fused-ring (bicyclic) bond motifs is 1. The van der Waals surface area contributed by atoms with Crippen LogP contribution in [0, 0.1) is 5.92 Å². The maximum absolute atomic E-state index is 9.38. The summed E-state index contributed by atoms with van der Waals surface area (Å²) in [5.74, 6) is 1.41. The minimum Gasteiger partial charge on any atom is -0.492 e. The first kappa shape index (κ1) is 15.8. The smallest absolute Gasteiger partial charge is 0.122 e. The SMILES string of the molecule is CCc1ccccc1OCCN1CCOC2C[C@H](CO)C[C@@H]21. The van der Waals surface area contributed by atoms with Gasteiger partial charge >= 0.3 is 0 Å². The number of ether oxygens (including phenoxy) is 2. The predicted octanol–water partition coefficient (Wildman–Crippen LogP) is 2.10. The summed E-state index contributed by atoms with van der Waals surface area (Å²) in [6.07, 6.45) is 3.34. The minimum absolute atomic E-state index is 0.282. The Morgan fingerprint density at radius 1 is 1.32 bits per heavy atom. The van der Waals surface area contributed by atoms with E-state index >= 15 is 0 Å². The van der Waals surface area contributed by atoms with E-state index in [1.54, 1.807) is 0 Å². The Balaban J connectivity index is 1.53. The highest BCUT2D eigenvalue weighted by atomic mass is 16.5. The fourth-order valence-electron chi connectivity index (χ4n) is 3.76. The van der Waals surface area contributed by atoms with Crippen LogP contribution in [0.2, 0.25) is 0 Å². The largest absolute Gasteiger partial charge is 0.492 e. The summed E-state index contributed by atoms with van der Waals surface area (Å²) in [7, 11) is 0. The van der Waals surface area contributed by atoms with E-state index in [0.717, 1.165) is 44.7 Å². The second-order valence-corrected chi connectivity index (χ2v) is 6.34. The average Bonchev–Trinajstić information content (AvgIpc) is 2.99. The standard InChI is InChI=1S/C18H27NO3/c1-2-15-5-3-4-6-17(15)21-9-7-19-8-10-22-18-12-14(13-20)11-16(18)19/h3-6,14,16,18,20H,2,7-13H2,1H3/t14-,16+,18?/m1/s1. The summed E-state index contributed by atoms with van der Waals surface area (Å²) in [4.78, 5) is 2.48. The molecule has 1 aromatic carbocycles. The van der Waals surface area contributed by atoms with E-state index in [-0.39, 0.29) is 6.61 Å². The number of aliphatic hydroxyl groups is 1. The van der Waals surface area contributed by atoms with Gasteiger partial charge in [0.25, 0.3) is 0 Å². The molecule has 1 unspecified atom stereocenters. The number of nitrogens with zero attached hydrogens (tertiary/aromatic N) is 1. The molecule has 1 heterocycles. The van der Waals surface area contributed by atoms with Crippen molar-refractivity contribution in [3.8, 4) is 5.75 Å². The molecule has 3 atom stereocenters. The number of para-hydroxylation sites is 1. The lowest BCUT2D eigenvalue weighted by molar-refractivity contribution is -0.0585. The third-order valence-corrected chi connectivity index (χ3v) is 5.00. The number of hydrogen-bond donors (Lipinski definition) is 1. The molecule has 0 bridgehead atoms. The van der Waals surface area contributed by atoms with Gasteiger partial charge < -0.3 is 14.6 Å². The Kier molecular flexibility index (Phi) is 5.34. The van der Waals surface area contributed by atoms with Crippen molar-refractivity contribution in [2.45, 2.75) is 38.3 Å². The summed E-state index contributed by atoms with van der Waals surface area (Å²) in [6, 6.07) is 8.73. The summed E-state index contributed by atoms with van der Waals surface area (Å²) in [5, 5.41) is 9.38. The summed E-state index contributed by atoms with van der Waals surface area (Å²) in [5.41, 5.74) is 1.27. The third kappa shape index (κ3) is 3.45. The van der Waals surface area contributed by atoms with E-state index in [4.69, 9.17) is 9.47 Å². The van der Waals surface area contributed by atoms with E-state index in [9.17, 15) is 5.11 Å². The van der Waals surface area contributed by atoms with Crippen molar-refractivity contribution in [2.24, 2.45) is 5.92 Å². The van der Waals surface area contributed by atoms with Gasteiger partial charge in [-0.25, -0.2) is 0 Å². The fraction of sp³-hybridized carbons (Fsp3) is 0.667. The van der Waals surface area contributed by atoms with Gasteiger partial charge in [-0.15, -0.1) is 0 Å². The molecule has 4 heteroatoms. The van der Waals surface area contributed by atoms with Gasteiger partial charge in [0.1, 0.15) is 12.4 Å². The highest BCUT2D eigenvalue weighted by Gasteiger charge is 2.40. The van der Waals surface area contributed by atoms with Gasteiger partial charge in [-0.05, 0) is 36.8 Å². The van der Waals surface area contributed by atoms with Crippen LogP contribution in [0.5, 0.6) is 5.75 Å². The maximum Gasteiger partial charge on any atom is 0.122 e. The number of morpholine rings is 1. The van der Waals surface area contributed by atoms with Crippen LogP contribution in [-0.2, 0) is 11.2 Å². The summed E-state index contributed by atoms with van der Waals surface area (Å²) >= 11 is 0. The molecule has 2 fully saturated rings. The highest BCUT2D eigenvalue weighted by Crippen LogP contribution is 2.33. The van der Waals surface area contributed by atoms with Crippen LogP contribution < -0.4 is 4.74 Å². The molecule has 122 valence electrons. The monoisotopic (exact) mass is 305 g/mol. The van der Waals surface area contributed by atoms with Crippen LogP contribution >= 0.6 is 0 Å². The normalized spacial score (nSPS) is 28.5. The Hall–Kier alpha value is -1.10. The number of rotatable bonds is 6. The molecule has 4 nitrogen and oxygen atoms in total. The Morgan fingerprint density at radius 2 is 2.18 bits per heavy atom. The maximum atomic E-state index is 9.38. The van der Waals surface area contributed by atoms with E-state index < -0.39 is 0 Å². The van der Waals surface area contributed by atoms with Crippen molar-refractivity contribution in [1.82, 2.24) is 4.90 Å². The van der Waals surface area contributed by atoms with E-state index in [1.807, 2.05) is 6.07 Å². The van der Waals surface area contributed by atoms with Gasteiger partial charge in [0, 0.05) is 25.7 Å². The van der Waals surface area contributed by atoms with Crippen LogP contribution in [-0.4, -0.2) is 55.1 Å². The molecule has 1 N–H and O–H groups in total. The first-order valence-corrected chi connectivity index (χ1v) is 8.49. The topological polar surface area (TPSA) is 41.9 Å². The van der Waals surface area contributed by atoms with Crippen molar-refractivity contribution in [1.29, 1.82) is 0 Å². The molecule has 3 rings (SSSR count). The number of aliphatic hydroxyl groups excluding tert-OH is 1. The predicted molar refractivity (Wildman–Crippen MR) is 86.2 cm³/mol. The van der Waals surface area contributed by atoms with Crippen molar-refractivity contribution >= 4 is 0 Å². The van der Waals surface area contributed by atoms with E-state index in [2.05, 4.69) is 30.0 Å². The molecule has 0 spiro atoms. The van der Waals surface area contributed by atoms with Gasteiger partial charge in [-0.3, -0.25) is 4.90 Å². The molecular formula is C18H27NO3. The van der Waals surface area contributed by atoms with Crippen molar-refractivity contribution in [3.05, 3.63) is 29.8 Å².